The smallest absolute Gasteiger partial charge is 0.238 e. The predicted octanol–water partition coefficient (Wildman–Crippen LogP) is 3.14. The third kappa shape index (κ3) is 4.12. The van der Waals surface area contributed by atoms with Gasteiger partial charge in [0.2, 0.25) is 12.7 Å². The lowest BCUT2D eigenvalue weighted by molar-refractivity contribution is -0.117. The molecule has 0 radical (unpaired) electrons. The van der Waals surface area contributed by atoms with E-state index in [4.69, 9.17) is 21.1 Å². The summed E-state index contributed by atoms with van der Waals surface area (Å²) in [7, 11) is 0. The van der Waals surface area contributed by atoms with Crippen molar-refractivity contribution in [1.82, 2.24) is 4.90 Å². The van der Waals surface area contributed by atoms with Crippen LogP contribution in [0.5, 0.6) is 11.5 Å². The zero-order chi connectivity index (χ0) is 18.8. The fourth-order valence-electron chi connectivity index (χ4n) is 3.41. The molecular formula is C20H22ClN3O3. The van der Waals surface area contributed by atoms with Crippen LogP contribution in [-0.4, -0.2) is 50.3 Å². The molecule has 4 rings (SSSR count). The van der Waals surface area contributed by atoms with E-state index < -0.39 is 0 Å². The summed E-state index contributed by atoms with van der Waals surface area (Å²) in [5, 5.41) is 3.73. The molecule has 1 N–H and O–H groups in total. The van der Waals surface area contributed by atoms with E-state index in [-0.39, 0.29) is 12.7 Å². The molecule has 2 aliphatic rings. The van der Waals surface area contributed by atoms with Gasteiger partial charge >= 0.3 is 0 Å². The number of amides is 1. The third-order valence-corrected chi connectivity index (χ3v) is 5.14. The number of halogens is 1. The largest absolute Gasteiger partial charge is 0.454 e. The van der Waals surface area contributed by atoms with Crippen LogP contribution in [0.4, 0.5) is 11.4 Å². The van der Waals surface area contributed by atoms with E-state index in [9.17, 15) is 4.79 Å². The minimum Gasteiger partial charge on any atom is -0.454 e. The summed E-state index contributed by atoms with van der Waals surface area (Å²) in [6.07, 6.45) is 0. The Morgan fingerprint density at radius 3 is 2.59 bits per heavy atom. The van der Waals surface area contributed by atoms with Crippen molar-refractivity contribution in [3.8, 4) is 11.5 Å². The number of fused-ring (bicyclic) bond motifs is 1. The summed E-state index contributed by atoms with van der Waals surface area (Å²) in [6, 6.07) is 11.6. The summed E-state index contributed by atoms with van der Waals surface area (Å²) in [5.41, 5.74) is 2.85. The summed E-state index contributed by atoms with van der Waals surface area (Å²) in [4.78, 5) is 16.9. The zero-order valence-electron chi connectivity index (χ0n) is 15.2. The second-order valence-electron chi connectivity index (χ2n) is 6.81. The molecule has 2 aromatic rings. The first-order valence-electron chi connectivity index (χ1n) is 9.01. The number of nitrogens with zero attached hydrogens (tertiary/aromatic N) is 2. The van der Waals surface area contributed by atoms with Gasteiger partial charge in [-0.1, -0.05) is 17.7 Å². The number of nitrogens with one attached hydrogen (secondary N) is 1. The van der Waals surface area contributed by atoms with Crippen molar-refractivity contribution >= 4 is 28.9 Å². The van der Waals surface area contributed by atoms with E-state index in [1.807, 2.05) is 37.3 Å². The number of aryl methyl sites for hydroxylation is 1. The monoisotopic (exact) mass is 387 g/mol. The number of hydrogen-bond donors (Lipinski definition) is 1. The van der Waals surface area contributed by atoms with Gasteiger partial charge in [0, 0.05) is 48.6 Å². The van der Waals surface area contributed by atoms with Gasteiger partial charge in [0.15, 0.2) is 11.5 Å². The maximum Gasteiger partial charge on any atom is 0.238 e. The molecule has 1 fully saturated rings. The highest BCUT2D eigenvalue weighted by Gasteiger charge is 2.21. The Hall–Kier alpha value is -2.44. The number of ether oxygens (including phenoxy) is 2. The topological polar surface area (TPSA) is 54.0 Å². The minimum absolute atomic E-state index is 0.0202. The molecule has 7 heteroatoms. The van der Waals surface area contributed by atoms with Crippen molar-refractivity contribution in [1.29, 1.82) is 0 Å². The van der Waals surface area contributed by atoms with Crippen molar-refractivity contribution in [3.63, 3.8) is 0 Å². The van der Waals surface area contributed by atoms with Gasteiger partial charge in [-0.05, 0) is 36.8 Å². The first-order chi connectivity index (χ1) is 13.1. The second-order valence-corrected chi connectivity index (χ2v) is 7.25. The number of anilines is 2. The average molecular weight is 388 g/mol. The van der Waals surface area contributed by atoms with Gasteiger partial charge in [-0.3, -0.25) is 9.69 Å². The molecule has 27 heavy (non-hydrogen) atoms. The number of rotatable bonds is 4. The predicted molar refractivity (Wildman–Crippen MR) is 106 cm³/mol. The average Bonchev–Trinajstić information content (AvgIpc) is 3.09. The summed E-state index contributed by atoms with van der Waals surface area (Å²) in [5.74, 6) is 1.38. The quantitative estimate of drug-likeness (QED) is 0.873. The van der Waals surface area contributed by atoms with E-state index in [1.165, 1.54) is 0 Å². The zero-order valence-corrected chi connectivity index (χ0v) is 16.0. The number of hydrogen-bond acceptors (Lipinski definition) is 5. The second kappa shape index (κ2) is 7.66. The Kier molecular flexibility index (Phi) is 5.09. The number of piperazine rings is 1. The Morgan fingerprint density at radius 1 is 1.11 bits per heavy atom. The van der Waals surface area contributed by atoms with Gasteiger partial charge in [0.05, 0.1) is 6.54 Å². The SMILES string of the molecule is Cc1cc2c(cc1NC(=O)CN1CCN(c3cccc(Cl)c3)CC1)OCO2. The van der Waals surface area contributed by atoms with E-state index in [1.54, 1.807) is 0 Å². The molecule has 0 saturated carbocycles. The molecule has 1 amide bonds. The lowest BCUT2D eigenvalue weighted by Gasteiger charge is -2.35. The fraction of sp³-hybridized carbons (Fsp3) is 0.350. The Labute approximate surface area is 163 Å². The maximum absolute atomic E-state index is 12.5. The van der Waals surface area contributed by atoms with Gasteiger partial charge in [-0.15, -0.1) is 0 Å². The molecule has 0 aliphatic carbocycles. The van der Waals surface area contributed by atoms with E-state index in [0.717, 1.165) is 53.9 Å². The molecule has 0 spiro atoms. The lowest BCUT2D eigenvalue weighted by Crippen LogP contribution is -2.48. The molecule has 0 bridgehead atoms. The van der Waals surface area contributed by atoms with Crippen LogP contribution in [0.3, 0.4) is 0 Å². The summed E-state index contributed by atoms with van der Waals surface area (Å²) >= 11 is 6.08. The Balaban J connectivity index is 1.31. The van der Waals surface area contributed by atoms with Gasteiger partial charge in [0.25, 0.3) is 0 Å². The van der Waals surface area contributed by atoms with Crippen molar-refractivity contribution in [2.45, 2.75) is 6.92 Å². The van der Waals surface area contributed by atoms with Crippen molar-refractivity contribution in [3.05, 3.63) is 47.0 Å². The van der Waals surface area contributed by atoms with E-state index in [2.05, 4.69) is 21.2 Å². The first kappa shape index (κ1) is 17.9. The van der Waals surface area contributed by atoms with Gasteiger partial charge in [-0.25, -0.2) is 0 Å². The standard InChI is InChI=1S/C20H22ClN3O3/c1-14-9-18-19(27-13-26-18)11-17(14)22-20(25)12-23-5-7-24(8-6-23)16-4-2-3-15(21)10-16/h2-4,9-11H,5-8,12-13H2,1H3,(H,22,25). The maximum atomic E-state index is 12.5. The van der Waals surface area contributed by atoms with Gasteiger partial charge in [0.1, 0.15) is 0 Å². The molecular weight excluding hydrogens is 366 g/mol. The Bertz CT molecular complexity index is 850. The first-order valence-corrected chi connectivity index (χ1v) is 9.39. The van der Waals surface area contributed by atoms with E-state index in [0.29, 0.717) is 12.3 Å². The molecule has 2 heterocycles. The molecule has 142 valence electrons. The highest BCUT2D eigenvalue weighted by atomic mass is 35.5. The molecule has 0 atom stereocenters. The van der Waals surface area contributed by atoms with Crippen molar-refractivity contribution in [2.75, 3.05) is 49.7 Å². The molecule has 1 saturated heterocycles. The third-order valence-electron chi connectivity index (χ3n) is 4.91. The molecule has 2 aliphatic heterocycles. The van der Waals surface area contributed by atoms with Crippen LogP contribution in [0.15, 0.2) is 36.4 Å². The van der Waals surface area contributed by atoms with Crippen LogP contribution in [0, 0.1) is 6.92 Å². The fourth-order valence-corrected chi connectivity index (χ4v) is 3.59. The number of carbonyl (C=O) groups is 1. The van der Waals surface area contributed by atoms with Crippen molar-refractivity contribution < 1.29 is 14.3 Å². The molecule has 0 aromatic heterocycles. The van der Waals surface area contributed by atoms with Gasteiger partial charge < -0.3 is 19.7 Å². The number of carbonyl (C=O) groups excluding carboxylic acids is 1. The minimum atomic E-state index is -0.0202. The highest BCUT2D eigenvalue weighted by molar-refractivity contribution is 6.30. The molecule has 0 unspecified atom stereocenters. The highest BCUT2D eigenvalue weighted by Crippen LogP contribution is 2.36. The van der Waals surface area contributed by atoms with Gasteiger partial charge in [-0.2, -0.15) is 0 Å². The van der Waals surface area contributed by atoms with Crippen LogP contribution in [-0.2, 0) is 4.79 Å². The van der Waals surface area contributed by atoms with Crippen LogP contribution in [0.25, 0.3) is 0 Å². The normalized spacial score (nSPS) is 16.4. The molecule has 2 aromatic carbocycles. The summed E-state index contributed by atoms with van der Waals surface area (Å²) in [6.45, 7) is 5.95. The van der Waals surface area contributed by atoms with E-state index >= 15 is 0 Å². The Morgan fingerprint density at radius 2 is 1.85 bits per heavy atom. The van der Waals surface area contributed by atoms with Crippen molar-refractivity contribution in [2.24, 2.45) is 0 Å². The van der Waals surface area contributed by atoms with Crippen LogP contribution in [0.1, 0.15) is 5.56 Å². The number of benzene rings is 2. The summed E-state index contributed by atoms with van der Waals surface area (Å²) < 4.78 is 10.7. The van der Waals surface area contributed by atoms with Crippen LogP contribution >= 0.6 is 11.6 Å². The van der Waals surface area contributed by atoms with Crippen LogP contribution < -0.4 is 19.7 Å². The molecule has 6 nitrogen and oxygen atoms in total. The lowest BCUT2D eigenvalue weighted by atomic mass is 10.1. The van der Waals surface area contributed by atoms with Crippen LogP contribution in [0.2, 0.25) is 5.02 Å².